The smallest absolute Gasteiger partial charge is 0.262 e. The lowest BCUT2D eigenvalue weighted by Crippen LogP contribution is -2.55. The Labute approximate surface area is 126 Å². The molecule has 0 radical (unpaired) electrons. The molecule has 0 aliphatic carbocycles. The van der Waals surface area contributed by atoms with Gasteiger partial charge in [-0.25, -0.2) is 0 Å². The third-order valence-corrected chi connectivity index (χ3v) is 3.64. The van der Waals surface area contributed by atoms with E-state index in [-0.39, 0.29) is 0 Å². The molecule has 1 N–H and O–H groups in total. The summed E-state index contributed by atoms with van der Waals surface area (Å²) in [4.78, 5) is 11.0. The molecule has 0 fully saturated rings. The Morgan fingerprint density at radius 1 is 1.19 bits per heavy atom. The van der Waals surface area contributed by atoms with Crippen LogP contribution in [0.5, 0.6) is 0 Å². The zero-order chi connectivity index (χ0) is 14.8. The molecule has 3 aromatic rings. The quantitative estimate of drug-likeness (QED) is 0.808. The SMILES string of the molecule is N#Cc1cc2c([NH+]=O)cccc2n1Cc1cccc(Cl)c1. The van der Waals surface area contributed by atoms with Crippen LogP contribution in [0.1, 0.15) is 11.3 Å². The molecule has 0 spiro atoms. The van der Waals surface area contributed by atoms with Crippen LogP contribution in [0.25, 0.3) is 10.9 Å². The molecular weight excluding hydrogens is 286 g/mol. The van der Waals surface area contributed by atoms with E-state index < -0.39 is 0 Å². The van der Waals surface area contributed by atoms with Gasteiger partial charge in [-0.1, -0.05) is 29.8 Å². The van der Waals surface area contributed by atoms with E-state index in [1.165, 1.54) is 0 Å². The molecule has 0 aliphatic heterocycles. The number of aromatic nitrogens is 1. The number of nitroso groups, excluding NO2 is 1. The van der Waals surface area contributed by atoms with Gasteiger partial charge in [-0.3, -0.25) is 0 Å². The minimum Gasteiger partial charge on any atom is -0.328 e. The van der Waals surface area contributed by atoms with Crippen LogP contribution in [-0.4, -0.2) is 4.57 Å². The van der Waals surface area contributed by atoms with Crippen LogP contribution in [0.3, 0.4) is 0 Å². The van der Waals surface area contributed by atoms with Gasteiger partial charge >= 0.3 is 0 Å². The second-order valence-electron chi connectivity index (χ2n) is 4.70. The van der Waals surface area contributed by atoms with Crippen LogP contribution in [-0.2, 0) is 6.54 Å². The molecule has 0 atom stereocenters. The number of halogens is 1. The van der Waals surface area contributed by atoms with Crippen molar-refractivity contribution in [3.05, 3.63) is 69.7 Å². The highest BCUT2D eigenvalue weighted by atomic mass is 35.5. The van der Waals surface area contributed by atoms with Gasteiger partial charge in [-0.2, -0.15) is 5.26 Å². The molecule has 0 aliphatic rings. The summed E-state index contributed by atoms with van der Waals surface area (Å²) in [5.41, 5.74) is 2.81. The van der Waals surface area contributed by atoms with Gasteiger partial charge in [0.05, 0.1) is 10.9 Å². The highest BCUT2D eigenvalue weighted by molar-refractivity contribution is 6.30. The van der Waals surface area contributed by atoms with Crippen molar-refractivity contribution < 1.29 is 5.18 Å². The topological polar surface area (TPSA) is 59.8 Å². The zero-order valence-electron chi connectivity index (χ0n) is 11.0. The number of nitrogens with zero attached hydrogens (tertiary/aromatic N) is 2. The Balaban J connectivity index is 2.17. The summed E-state index contributed by atoms with van der Waals surface area (Å²) in [6, 6.07) is 16.8. The fourth-order valence-corrected chi connectivity index (χ4v) is 2.67. The third-order valence-electron chi connectivity index (χ3n) is 3.40. The summed E-state index contributed by atoms with van der Waals surface area (Å²) in [5.74, 6) is 0. The van der Waals surface area contributed by atoms with Crippen molar-refractivity contribution in [3.63, 3.8) is 0 Å². The number of nitriles is 1. The number of fused-ring (bicyclic) bond motifs is 1. The van der Waals surface area contributed by atoms with Gasteiger partial charge in [0.2, 0.25) is 0 Å². The van der Waals surface area contributed by atoms with Gasteiger partial charge < -0.3 is 4.57 Å². The Bertz CT molecular complexity index is 877. The molecule has 0 amide bonds. The zero-order valence-corrected chi connectivity index (χ0v) is 11.8. The number of rotatable bonds is 3. The van der Waals surface area contributed by atoms with E-state index in [1.54, 1.807) is 18.2 Å². The van der Waals surface area contributed by atoms with Crippen LogP contribution >= 0.6 is 11.6 Å². The molecule has 3 rings (SSSR count). The first-order valence-corrected chi connectivity index (χ1v) is 6.75. The van der Waals surface area contributed by atoms with Crippen molar-refractivity contribution in [2.45, 2.75) is 6.54 Å². The molecule has 0 bridgehead atoms. The first-order chi connectivity index (χ1) is 10.2. The van der Waals surface area contributed by atoms with Gasteiger partial charge in [0.1, 0.15) is 11.8 Å². The van der Waals surface area contributed by atoms with E-state index >= 15 is 0 Å². The molecule has 4 nitrogen and oxygen atoms in total. The molecule has 1 heterocycles. The van der Waals surface area contributed by atoms with E-state index in [1.807, 2.05) is 40.1 Å². The second-order valence-corrected chi connectivity index (χ2v) is 5.13. The fourth-order valence-electron chi connectivity index (χ4n) is 2.45. The number of hydrogen-bond acceptors (Lipinski definition) is 2. The van der Waals surface area contributed by atoms with Gasteiger partial charge in [-0.05, 0) is 29.8 Å². The molecule has 102 valence electrons. The van der Waals surface area contributed by atoms with Crippen LogP contribution in [0.15, 0.2) is 48.5 Å². The maximum absolute atomic E-state index is 11.0. The minimum absolute atomic E-state index is 0.467. The Kier molecular flexibility index (Phi) is 3.43. The van der Waals surface area contributed by atoms with Crippen LogP contribution < -0.4 is 5.18 Å². The normalized spacial score (nSPS) is 10.5. The van der Waals surface area contributed by atoms with E-state index in [9.17, 15) is 10.2 Å². The van der Waals surface area contributed by atoms with E-state index in [0.717, 1.165) is 16.5 Å². The Hall–Kier alpha value is -2.64. The molecular formula is C16H11ClN3O+. The first-order valence-electron chi connectivity index (χ1n) is 6.38. The fraction of sp³-hybridized carbons (Fsp3) is 0.0625. The minimum atomic E-state index is 0.467. The van der Waals surface area contributed by atoms with Crippen molar-refractivity contribution >= 4 is 28.2 Å². The number of benzene rings is 2. The number of nitrogens with one attached hydrogen (secondary N) is 1. The third kappa shape index (κ3) is 2.39. The summed E-state index contributed by atoms with van der Waals surface area (Å²) in [6.07, 6.45) is 0. The summed E-state index contributed by atoms with van der Waals surface area (Å²) in [5, 5.41) is 12.6. The lowest BCUT2D eigenvalue weighted by molar-refractivity contribution is -0.377. The Morgan fingerprint density at radius 3 is 2.71 bits per heavy atom. The maximum atomic E-state index is 11.0. The summed E-state index contributed by atoms with van der Waals surface area (Å²) in [7, 11) is 0. The van der Waals surface area contributed by atoms with Crippen LogP contribution in [0, 0.1) is 16.2 Å². The van der Waals surface area contributed by atoms with Crippen molar-refractivity contribution in [2.24, 2.45) is 0 Å². The summed E-state index contributed by atoms with van der Waals surface area (Å²) in [6.45, 7) is 0.523. The molecule has 1 aromatic heterocycles. The van der Waals surface area contributed by atoms with Crippen molar-refractivity contribution in [3.8, 4) is 6.07 Å². The molecule has 21 heavy (non-hydrogen) atoms. The Morgan fingerprint density at radius 2 is 2.00 bits per heavy atom. The average molecular weight is 297 g/mol. The molecule has 0 saturated carbocycles. The highest BCUT2D eigenvalue weighted by Gasteiger charge is 2.15. The molecule has 2 aromatic carbocycles. The predicted octanol–water partition coefficient (Wildman–Crippen LogP) is 2.69. The second kappa shape index (κ2) is 5.39. The van der Waals surface area contributed by atoms with Crippen molar-refractivity contribution in [1.29, 1.82) is 5.26 Å². The molecule has 0 unspecified atom stereocenters. The number of hydrogen-bond donors (Lipinski definition) is 1. The largest absolute Gasteiger partial charge is 0.328 e. The maximum Gasteiger partial charge on any atom is 0.262 e. The summed E-state index contributed by atoms with van der Waals surface area (Å²) < 4.78 is 1.88. The molecule has 5 heteroatoms. The first kappa shape index (κ1) is 13.3. The van der Waals surface area contributed by atoms with Crippen molar-refractivity contribution in [1.82, 2.24) is 4.57 Å². The van der Waals surface area contributed by atoms with Crippen LogP contribution in [0.2, 0.25) is 5.02 Å². The van der Waals surface area contributed by atoms with Gasteiger partial charge in [-0.15, -0.1) is 0 Å². The van der Waals surface area contributed by atoms with E-state index in [0.29, 0.717) is 22.9 Å². The van der Waals surface area contributed by atoms with Gasteiger partial charge in [0, 0.05) is 27.7 Å². The predicted molar refractivity (Wildman–Crippen MR) is 81.2 cm³/mol. The monoisotopic (exact) mass is 296 g/mol. The lowest BCUT2D eigenvalue weighted by atomic mass is 10.2. The highest BCUT2D eigenvalue weighted by Crippen LogP contribution is 2.25. The van der Waals surface area contributed by atoms with E-state index in [4.69, 9.17) is 11.6 Å². The van der Waals surface area contributed by atoms with Gasteiger partial charge in [0.15, 0.2) is 0 Å². The van der Waals surface area contributed by atoms with E-state index in [2.05, 4.69) is 6.07 Å². The van der Waals surface area contributed by atoms with Crippen LogP contribution in [0.4, 0.5) is 5.69 Å². The van der Waals surface area contributed by atoms with Gasteiger partial charge in [0.25, 0.3) is 5.69 Å². The van der Waals surface area contributed by atoms with Crippen molar-refractivity contribution in [2.75, 3.05) is 0 Å². The average Bonchev–Trinajstić information content (AvgIpc) is 2.85. The standard InChI is InChI=1S/C16H10ClN3O/c17-12-4-1-3-11(7-12)10-20-13(9-18)8-14-15(19-21)5-2-6-16(14)20/h1-8H,10H2/p+1. The lowest BCUT2D eigenvalue weighted by Gasteiger charge is -2.07. The molecule has 0 saturated heterocycles. The summed E-state index contributed by atoms with van der Waals surface area (Å²) >= 11 is 6.00.